The van der Waals surface area contributed by atoms with E-state index in [2.05, 4.69) is 18.8 Å². The SMILES string of the molecule is CC(C)(CCCn1c(=O)c(=O)[nH]c2ccccc21)[Si](C)(C)O. The number of aromatic nitrogens is 2. The Morgan fingerprint density at radius 1 is 1.23 bits per heavy atom. The van der Waals surface area contributed by atoms with Crippen molar-refractivity contribution in [2.75, 3.05) is 0 Å². The molecule has 0 aliphatic heterocycles. The highest BCUT2D eigenvalue weighted by Gasteiger charge is 2.37. The molecule has 2 rings (SSSR count). The van der Waals surface area contributed by atoms with Crippen molar-refractivity contribution >= 4 is 19.4 Å². The van der Waals surface area contributed by atoms with E-state index in [0.717, 1.165) is 18.4 Å². The van der Waals surface area contributed by atoms with Gasteiger partial charge in [0.05, 0.1) is 11.0 Å². The van der Waals surface area contributed by atoms with Crippen LogP contribution in [0.5, 0.6) is 0 Å². The number of fused-ring (bicyclic) bond motifs is 1. The molecule has 0 saturated heterocycles. The number of para-hydroxylation sites is 2. The van der Waals surface area contributed by atoms with Crippen LogP contribution in [0.4, 0.5) is 0 Å². The van der Waals surface area contributed by atoms with E-state index in [4.69, 9.17) is 0 Å². The van der Waals surface area contributed by atoms with Crippen molar-refractivity contribution in [3.8, 4) is 0 Å². The second-order valence-corrected chi connectivity index (χ2v) is 11.4. The molecule has 0 saturated carbocycles. The maximum atomic E-state index is 12.1. The van der Waals surface area contributed by atoms with Gasteiger partial charge in [0.15, 0.2) is 8.32 Å². The molecule has 0 fully saturated rings. The maximum Gasteiger partial charge on any atom is 0.316 e. The summed E-state index contributed by atoms with van der Waals surface area (Å²) in [5, 5.41) is -0.131. The smallest absolute Gasteiger partial charge is 0.316 e. The number of benzene rings is 1. The summed E-state index contributed by atoms with van der Waals surface area (Å²) >= 11 is 0. The van der Waals surface area contributed by atoms with Crippen LogP contribution in [-0.2, 0) is 6.54 Å². The first-order valence-corrected chi connectivity index (χ1v) is 10.5. The Balaban J connectivity index is 2.28. The first-order chi connectivity index (χ1) is 10.1. The Morgan fingerprint density at radius 2 is 1.86 bits per heavy atom. The molecule has 1 aromatic heterocycles. The highest BCUT2D eigenvalue weighted by molar-refractivity contribution is 6.72. The zero-order chi connectivity index (χ0) is 16.5. The third kappa shape index (κ3) is 3.23. The molecule has 2 aromatic rings. The average Bonchev–Trinajstić information content (AvgIpc) is 2.41. The molecule has 0 radical (unpaired) electrons. The van der Waals surface area contributed by atoms with Gasteiger partial charge in [0, 0.05) is 6.54 Å². The molecule has 0 spiro atoms. The third-order valence-corrected chi connectivity index (χ3v) is 8.28. The van der Waals surface area contributed by atoms with Gasteiger partial charge in [-0.25, -0.2) is 0 Å². The van der Waals surface area contributed by atoms with Gasteiger partial charge in [-0.2, -0.15) is 0 Å². The molecule has 0 amide bonds. The van der Waals surface area contributed by atoms with Gasteiger partial charge < -0.3 is 14.3 Å². The Bertz CT molecular complexity index is 784. The van der Waals surface area contributed by atoms with Crippen molar-refractivity contribution in [1.82, 2.24) is 9.55 Å². The van der Waals surface area contributed by atoms with Crippen molar-refractivity contribution in [3.05, 3.63) is 45.0 Å². The van der Waals surface area contributed by atoms with Gasteiger partial charge in [-0.3, -0.25) is 9.59 Å². The molecule has 22 heavy (non-hydrogen) atoms. The number of H-pyrrole nitrogens is 1. The highest BCUT2D eigenvalue weighted by Crippen LogP contribution is 2.39. The molecule has 1 heterocycles. The topological polar surface area (TPSA) is 75.1 Å². The Labute approximate surface area is 130 Å². The van der Waals surface area contributed by atoms with E-state index in [1.807, 2.05) is 31.3 Å². The number of nitrogens with one attached hydrogen (secondary N) is 1. The van der Waals surface area contributed by atoms with Gasteiger partial charge in [0.2, 0.25) is 0 Å². The molecule has 0 unspecified atom stereocenters. The second kappa shape index (κ2) is 5.85. The first-order valence-electron chi connectivity index (χ1n) is 7.58. The van der Waals surface area contributed by atoms with E-state index in [1.54, 1.807) is 6.07 Å². The summed E-state index contributed by atoms with van der Waals surface area (Å²) in [5.41, 5.74) is 0.306. The fourth-order valence-corrected chi connectivity index (χ4v) is 3.22. The lowest BCUT2D eigenvalue weighted by Crippen LogP contribution is -2.39. The molecule has 0 aliphatic carbocycles. The minimum absolute atomic E-state index is 0.131. The Hall–Kier alpha value is -1.66. The van der Waals surface area contributed by atoms with Crippen molar-refractivity contribution in [3.63, 3.8) is 0 Å². The van der Waals surface area contributed by atoms with E-state index >= 15 is 0 Å². The molecule has 0 aliphatic rings. The molecule has 2 N–H and O–H groups in total. The van der Waals surface area contributed by atoms with Gasteiger partial charge in [0.1, 0.15) is 0 Å². The number of nitrogens with zero attached hydrogens (tertiary/aromatic N) is 1. The zero-order valence-corrected chi connectivity index (χ0v) is 14.6. The highest BCUT2D eigenvalue weighted by atomic mass is 28.4. The normalized spacial score (nSPS) is 12.8. The number of aromatic amines is 1. The molecule has 6 heteroatoms. The van der Waals surface area contributed by atoms with Gasteiger partial charge >= 0.3 is 11.1 Å². The minimum atomic E-state index is -2.26. The van der Waals surface area contributed by atoms with Crippen LogP contribution in [0.1, 0.15) is 26.7 Å². The van der Waals surface area contributed by atoms with Gasteiger partial charge in [-0.05, 0) is 43.1 Å². The summed E-state index contributed by atoms with van der Waals surface area (Å²) < 4.78 is 1.54. The quantitative estimate of drug-likeness (QED) is 0.656. The summed E-state index contributed by atoms with van der Waals surface area (Å²) in [6.45, 7) is 8.48. The standard InChI is InChI=1S/C16H24N2O3Si/c1-16(2,22(3,4)21)10-7-11-18-13-9-6-5-8-12(13)17-14(19)15(18)20/h5-6,8-9,21H,7,10-11H2,1-4H3,(H,17,19). The Kier molecular flexibility index (Phi) is 4.44. The summed E-state index contributed by atoms with van der Waals surface area (Å²) in [7, 11) is -2.26. The lowest BCUT2D eigenvalue weighted by molar-refractivity contribution is 0.431. The predicted molar refractivity (Wildman–Crippen MR) is 91.8 cm³/mol. The molecular formula is C16H24N2O3Si. The molecule has 0 atom stereocenters. The molecule has 5 nitrogen and oxygen atoms in total. The van der Waals surface area contributed by atoms with Crippen LogP contribution in [-0.4, -0.2) is 22.7 Å². The van der Waals surface area contributed by atoms with Crippen LogP contribution in [0.25, 0.3) is 11.0 Å². The third-order valence-electron chi connectivity index (χ3n) is 4.72. The largest absolute Gasteiger partial charge is 0.432 e. The minimum Gasteiger partial charge on any atom is -0.432 e. The van der Waals surface area contributed by atoms with Crippen molar-refractivity contribution in [2.45, 2.75) is 51.4 Å². The monoisotopic (exact) mass is 320 g/mol. The maximum absolute atomic E-state index is 12.1. The fraction of sp³-hybridized carbons (Fsp3) is 0.500. The number of hydrogen-bond acceptors (Lipinski definition) is 3. The summed E-state index contributed by atoms with van der Waals surface area (Å²) in [5.74, 6) is 0. The van der Waals surface area contributed by atoms with Crippen molar-refractivity contribution < 1.29 is 4.80 Å². The summed E-state index contributed by atoms with van der Waals surface area (Å²) in [6, 6.07) is 7.31. The Morgan fingerprint density at radius 3 is 2.50 bits per heavy atom. The van der Waals surface area contributed by atoms with Crippen LogP contribution < -0.4 is 11.1 Å². The number of rotatable bonds is 5. The molecule has 120 valence electrons. The second-order valence-electron chi connectivity index (χ2n) is 6.97. The number of hydrogen-bond donors (Lipinski definition) is 2. The first kappa shape index (κ1) is 16.7. The molecule has 0 bridgehead atoms. The lowest BCUT2D eigenvalue weighted by Gasteiger charge is -2.35. The fourth-order valence-electron chi connectivity index (χ4n) is 2.43. The van der Waals surface area contributed by atoms with Crippen LogP contribution >= 0.6 is 0 Å². The summed E-state index contributed by atoms with van der Waals surface area (Å²) in [4.78, 5) is 36.8. The number of aryl methyl sites for hydroxylation is 1. The molecular weight excluding hydrogens is 296 g/mol. The zero-order valence-electron chi connectivity index (χ0n) is 13.6. The summed E-state index contributed by atoms with van der Waals surface area (Å²) in [6.07, 6.45) is 1.56. The van der Waals surface area contributed by atoms with E-state index < -0.39 is 19.4 Å². The van der Waals surface area contributed by atoms with E-state index in [-0.39, 0.29) is 5.04 Å². The van der Waals surface area contributed by atoms with Gasteiger partial charge in [0.25, 0.3) is 0 Å². The molecule has 1 aromatic carbocycles. The van der Waals surface area contributed by atoms with E-state index in [0.29, 0.717) is 12.1 Å². The lowest BCUT2D eigenvalue weighted by atomic mass is 10.1. The van der Waals surface area contributed by atoms with Crippen LogP contribution in [0, 0.1) is 0 Å². The van der Waals surface area contributed by atoms with Gasteiger partial charge in [-0.1, -0.05) is 26.0 Å². The van der Waals surface area contributed by atoms with Crippen LogP contribution in [0.15, 0.2) is 33.9 Å². The van der Waals surface area contributed by atoms with Gasteiger partial charge in [-0.15, -0.1) is 0 Å². The van der Waals surface area contributed by atoms with E-state index in [1.165, 1.54) is 4.57 Å². The van der Waals surface area contributed by atoms with E-state index in [9.17, 15) is 14.4 Å². The van der Waals surface area contributed by atoms with Crippen LogP contribution in [0.3, 0.4) is 0 Å². The average molecular weight is 320 g/mol. The predicted octanol–water partition coefficient (Wildman–Crippen LogP) is 2.45. The van der Waals surface area contributed by atoms with Crippen molar-refractivity contribution in [2.24, 2.45) is 0 Å². The van der Waals surface area contributed by atoms with Crippen LogP contribution in [0.2, 0.25) is 18.1 Å². The van der Waals surface area contributed by atoms with Crippen molar-refractivity contribution in [1.29, 1.82) is 0 Å².